The Kier molecular flexibility index (Phi) is 5.56. The van der Waals surface area contributed by atoms with Crippen molar-refractivity contribution in [3.8, 4) is 0 Å². The van der Waals surface area contributed by atoms with Crippen LogP contribution in [0.2, 0.25) is 0 Å². The van der Waals surface area contributed by atoms with Crippen molar-refractivity contribution < 1.29 is 9.90 Å². The Balaban J connectivity index is 2.04. The molecule has 0 amide bonds. The second kappa shape index (κ2) is 7.41. The maximum atomic E-state index is 11.2. The molecule has 116 valence electrons. The van der Waals surface area contributed by atoms with Crippen LogP contribution in [0, 0.1) is 0 Å². The molecule has 1 saturated heterocycles. The van der Waals surface area contributed by atoms with Crippen molar-refractivity contribution in [3.63, 3.8) is 0 Å². The summed E-state index contributed by atoms with van der Waals surface area (Å²) in [6.07, 6.45) is 4.31. The van der Waals surface area contributed by atoms with Crippen molar-refractivity contribution in [2.45, 2.75) is 45.6 Å². The molecule has 2 heterocycles. The minimum absolute atomic E-state index is 0.258. The summed E-state index contributed by atoms with van der Waals surface area (Å²) in [5, 5.41) is 12.5. The average Bonchev–Trinajstić information content (AvgIpc) is 2.91. The molecule has 1 unspecified atom stereocenters. The summed E-state index contributed by atoms with van der Waals surface area (Å²) in [4.78, 5) is 18.2. The Morgan fingerprint density at radius 1 is 1.43 bits per heavy atom. The largest absolute Gasteiger partial charge is 0.478 e. The third kappa shape index (κ3) is 4.70. The second-order valence-electron chi connectivity index (χ2n) is 5.84. The number of carbonyl (C=O) groups is 1. The van der Waals surface area contributed by atoms with Gasteiger partial charge in [0.25, 0.3) is 0 Å². The summed E-state index contributed by atoms with van der Waals surface area (Å²) in [6, 6.07) is 3.55. The number of anilines is 1. The lowest BCUT2D eigenvalue weighted by Gasteiger charge is -2.22. The number of hydrogen-bond donors (Lipinski definition) is 2. The van der Waals surface area contributed by atoms with E-state index in [4.69, 9.17) is 0 Å². The van der Waals surface area contributed by atoms with Gasteiger partial charge >= 0.3 is 5.97 Å². The van der Waals surface area contributed by atoms with Gasteiger partial charge in [0, 0.05) is 18.3 Å². The summed E-state index contributed by atoms with van der Waals surface area (Å²) < 4.78 is 0. The summed E-state index contributed by atoms with van der Waals surface area (Å²) >= 11 is 0. The predicted octanol–water partition coefficient (Wildman–Crippen LogP) is 2.63. The molecule has 5 heteroatoms. The van der Waals surface area contributed by atoms with Gasteiger partial charge < -0.3 is 15.3 Å². The van der Waals surface area contributed by atoms with Crippen molar-refractivity contribution in [1.82, 2.24) is 9.88 Å². The minimum atomic E-state index is -0.898. The first kappa shape index (κ1) is 15.8. The van der Waals surface area contributed by atoms with Crippen molar-refractivity contribution in [1.29, 1.82) is 0 Å². The predicted molar refractivity (Wildman–Crippen MR) is 84.0 cm³/mol. The monoisotopic (exact) mass is 291 g/mol. The minimum Gasteiger partial charge on any atom is -0.478 e. The number of carboxylic acid groups (broad SMARTS) is 1. The Bertz CT molecular complexity index is 484. The highest BCUT2D eigenvalue weighted by Crippen LogP contribution is 2.15. The zero-order valence-corrected chi connectivity index (χ0v) is 12.9. The molecular formula is C16H25N3O2. The molecule has 1 fully saturated rings. The fourth-order valence-corrected chi connectivity index (χ4v) is 2.82. The van der Waals surface area contributed by atoms with Crippen LogP contribution in [0.1, 0.15) is 49.2 Å². The summed E-state index contributed by atoms with van der Waals surface area (Å²) in [6.45, 7) is 7.48. The van der Waals surface area contributed by atoms with Gasteiger partial charge in [-0.05, 0) is 51.4 Å². The highest BCUT2D eigenvalue weighted by Gasteiger charge is 2.15. The molecule has 1 aliphatic rings. The Hall–Kier alpha value is -1.62. The number of pyridine rings is 1. The first-order valence-corrected chi connectivity index (χ1v) is 7.81. The van der Waals surface area contributed by atoms with E-state index in [1.54, 1.807) is 12.1 Å². The maximum absolute atomic E-state index is 11.2. The van der Waals surface area contributed by atoms with E-state index in [1.165, 1.54) is 12.8 Å². The van der Waals surface area contributed by atoms with E-state index in [-0.39, 0.29) is 6.04 Å². The van der Waals surface area contributed by atoms with Gasteiger partial charge in [-0.2, -0.15) is 0 Å². The molecule has 0 aliphatic carbocycles. The highest BCUT2D eigenvalue weighted by molar-refractivity contribution is 5.88. The van der Waals surface area contributed by atoms with Crippen LogP contribution in [0.4, 0.5) is 5.82 Å². The van der Waals surface area contributed by atoms with E-state index in [9.17, 15) is 9.90 Å². The fraction of sp³-hybridized carbons (Fsp3) is 0.625. The second-order valence-corrected chi connectivity index (χ2v) is 5.84. The van der Waals surface area contributed by atoms with E-state index in [0.29, 0.717) is 11.4 Å². The standard InChI is InChI=1S/C16H25N3O2/c1-3-6-14-9-13(16(20)21)10-15(18-14)17-12(2)11-19-7-4-5-8-19/h9-10,12H,3-8,11H2,1-2H3,(H,17,18)(H,20,21). The molecule has 2 N–H and O–H groups in total. The Morgan fingerprint density at radius 2 is 2.14 bits per heavy atom. The lowest BCUT2D eigenvalue weighted by atomic mass is 10.1. The summed E-state index contributed by atoms with van der Waals surface area (Å²) in [5.41, 5.74) is 1.15. The summed E-state index contributed by atoms with van der Waals surface area (Å²) in [7, 11) is 0. The third-order valence-corrected chi connectivity index (χ3v) is 3.76. The van der Waals surface area contributed by atoms with Crippen LogP contribution < -0.4 is 5.32 Å². The first-order valence-electron chi connectivity index (χ1n) is 7.81. The van der Waals surface area contributed by atoms with Crippen LogP contribution in [0.5, 0.6) is 0 Å². The topological polar surface area (TPSA) is 65.5 Å². The first-order chi connectivity index (χ1) is 10.1. The lowest BCUT2D eigenvalue weighted by molar-refractivity contribution is 0.0696. The molecule has 0 radical (unpaired) electrons. The molecule has 5 nitrogen and oxygen atoms in total. The van der Waals surface area contributed by atoms with Crippen molar-refractivity contribution >= 4 is 11.8 Å². The molecule has 0 bridgehead atoms. The van der Waals surface area contributed by atoms with Gasteiger partial charge in [-0.3, -0.25) is 0 Å². The van der Waals surface area contributed by atoms with Gasteiger partial charge in [0.15, 0.2) is 0 Å². The molecule has 1 aliphatic heterocycles. The quantitative estimate of drug-likeness (QED) is 0.808. The van der Waals surface area contributed by atoms with Gasteiger partial charge in [-0.1, -0.05) is 13.3 Å². The Morgan fingerprint density at radius 3 is 2.76 bits per heavy atom. The number of rotatable bonds is 7. The number of carboxylic acids is 1. The van der Waals surface area contributed by atoms with Crippen LogP contribution >= 0.6 is 0 Å². The van der Waals surface area contributed by atoms with E-state index < -0.39 is 5.97 Å². The van der Waals surface area contributed by atoms with Crippen LogP contribution in [-0.4, -0.2) is 46.6 Å². The van der Waals surface area contributed by atoms with Gasteiger partial charge in [-0.15, -0.1) is 0 Å². The van der Waals surface area contributed by atoms with Crippen molar-refractivity contribution in [2.24, 2.45) is 0 Å². The zero-order valence-electron chi connectivity index (χ0n) is 12.9. The number of aromatic nitrogens is 1. The smallest absolute Gasteiger partial charge is 0.335 e. The average molecular weight is 291 g/mol. The molecule has 1 aromatic rings. The highest BCUT2D eigenvalue weighted by atomic mass is 16.4. The van der Waals surface area contributed by atoms with E-state index in [0.717, 1.165) is 38.2 Å². The van der Waals surface area contributed by atoms with Gasteiger partial charge in [0.1, 0.15) is 5.82 Å². The van der Waals surface area contributed by atoms with E-state index in [2.05, 4.69) is 29.0 Å². The number of nitrogens with zero attached hydrogens (tertiary/aromatic N) is 2. The van der Waals surface area contributed by atoms with Gasteiger partial charge in [0.2, 0.25) is 0 Å². The van der Waals surface area contributed by atoms with Gasteiger partial charge in [-0.25, -0.2) is 9.78 Å². The molecule has 0 aromatic carbocycles. The maximum Gasteiger partial charge on any atom is 0.335 e. The SMILES string of the molecule is CCCc1cc(C(=O)O)cc(NC(C)CN2CCCC2)n1. The van der Waals surface area contributed by atoms with Crippen LogP contribution in [0.3, 0.4) is 0 Å². The summed E-state index contributed by atoms with van der Waals surface area (Å²) in [5.74, 6) is -0.227. The van der Waals surface area contributed by atoms with Crippen LogP contribution in [0.15, 0.2) is 12.1 Å². The number of aromatic carboxylic acids is 1. The van der Waals surface area contributed by atoms with Crippen LogP contribution in [-0.2, 0) is 6.42 Å². The normalized spacial score (nSPS) is 16.9. The molecular weight excluding hydrogens is 266 g/mol. The van der Waals surface area contributed by atoms with E-state index in [1.807, 2.05) is 0 Å². The zero-order chi connectivity index (χ0) is 15.2. The lowest BCUT2D eigenvalue weighted by Crippen LogP contribution is -2.33. The Labute approximate surface area is 126 Å². The molecule has 1 atom stereocenters. The molecule has 0 spiro atoms. The fourth-order valence-electron chi connectivity index (χ4n) is 2.82. The van der Waals surface area contributed by atoms with Crippen LogP contribution in [0.25, 0.3) is 0 Å². The molecule has 21 heavy (non-hydrogen) atoms. The molecule has 1 aromatic heterocycles. The number of hydrogen-bond acceptors (Lipinski definition) is 4. The molecule has 2 rings (SSSR count). The van der Waals surface area contributed by atoms with Gasteiger partial charge in [0.05, 0.1) is 5.56 Å². The number of nitrogens with one attached hydrogen (secondary N) is 1. The number of aryl methyl sites for hydroxylation is 1. The molecule has 0 saturated carbocycles. The number of likely N-dealkylation sites (tertiary alicyclic amines) is 1. The van der Waals surface area contributed by atoms with Crippen molar-refractivity contribution in [3.05, 3.63) is 23.4 Å². The third-order valence-electron chi connectivity index (χ3n) is 3.76. The van der Waals surface area contributed by atoms with E-state index >= 15 is 0 Å². The van der Waals surface area contributed by atoms with Crippen molar-refractivity contribution in [2.75, 3.05) is 25.0 Å².